The lowest BCUT2D eigenvalue weighted by molar-refractivity contribution is -0.119. The Hall–Kier alpha value is -0.450. The summed E-state index contributed by atoms with van der Waals surface area (Å²) in [6, 6.07) is 3.86. The Balaban J connectivity index is 2.00. The third-order valence-corrected chi connectivity index (χ3v) is 4.43. The van der Waals surface area contributed by atoms with Gasteiger partial charge < -0.3 is 10.6 Å². The maximum atomic E-state index is 11.0. The Morgan fingerprint density at radius 3 is 2.82 bits per heavy atom. The molecule has 0 saturated carbocycles. The zero-order chi connectivity index (χ0) is 12.4. The minimum Gasteiger partial charge on any atom is -0.382 e. The zero-order valence-corrected chi connectivity index (χ0v) is 12.0. The van der Waals surface area contributed by atoms with Crippen LogP contribution in [0.4, 0.5) is 5.69 Å². The smallest absolute Gasteiger partial charge is 0.220 e. The summed E-state index contributed by atoms with van der Waals surface area (Å²) in [5, 5.41) is 7.06. The van der Waals surface area contributed by atoms with Crippen molar-refractivity contribution in [1.82, 2.24) is 5.32 Å². The van der Waals surface area contributed by atoms with E-state index in [9.17, 15) is 4.79 Å². The van der Waals surface area contributed by atoms with Gasteiger partial charge in [0, 0.05) is 23.5 Å². The van der Waals surface area contributed by atoms with Gasteiger partial charge in [-0.15, -0.1) is 0 Å². The summed E-state index contributed by atoms with van der Waals surface area (Å²) in [4.78, 5) is 11.0. The molecule has 1 atom stereocenters. The Morgan fingerprint density at radius 2 is 2.18 bits per heavy atom. The predicted octanol–water partition coefficient (Wildman–Crippen LogP) is 3.45. The second-order valence-corrected chi connectivity index (χ2v) is 5.52. The average molecular weight is 338 g/mol. The van der Waals surface area contributed by atoms with E-state index in [-0.39, 0.29) is 11.9 Å². The van der Waals surface area contributed by atoms with Gasteiger partial charge in [-0.1, -0.05) is 23.2 Å². The molecule has 1 aliphatic rings. The maximum absolute atomic E-state index is 11.0. The van der Waals surface area contributed by atoms with Gasteiger partial charge in [0.25, 0.3) is 0 Å². The number of hydrogen-bond acceptors (Lipinski definition) is 2. The molecular formula is C11H11BrCl2N2O. The van der Waals surface area contributed by atoms with Crippen molar-refractivity contribution in [3.63, 3.8) is 0 Å². The van der Waals surface area contributed by atoms with Gasteiger partial charge in [-0.25, -0.2) is 0 Å². The molecule has 0 aromatic heterocycles. The molecule has 1 aromatic carbocycles. The van der Waals surface area contributed by atoms with E-state index >= 15 is 0 Å². The number of amides is 1. The van der Waals surface area contributed by atoms with Crippen LogP contribution in [0, 0.1) is 0 Å². The number of nitrogens with one attached hydrogen (secondary N) is 2. The highest BCUT2D eigenvalue weighted by Gasteiger charge is 2.20. The van der Waals surface area contributed by atoms with Gasteiger partial charge in [0.1, 0.15) is 0 Å². The van der Waals surface area contributed by atoms with Crippen LogP contribution >= 0.6 is 39.1 Å². The van der Waals surface area contributed by atoms with E-state index in [4.69, 9.17) is 23.2 Å². The molecule has 1 heterocycles. The number of carbonyl (C=O) groups is 1. The van der Waals surface area contributed by atoms with E-state index in [1.54, 1.807) is 0 Å². The maximum Gasteiger partial charge on any atom is 0.220 e. The van der Waals surface area contributed by atoms with Gasteiger partial charge in [-0.2, -0.15) is 0 Å². The van der Waals surface area contributed by atoms with Crippen LogP contribution < -0.4 is 10.6 Å². The van der Waals surface area contributed by atoms with Crippen molar-refractivity contribution >= 4 is 50.7 Å². The van der Waals surface area contributed by atoms with Crippen molar-refractivity contribution in [2.45, 2.75) is 18.9 Å². The van der Waals surface area contributed by atoms with Crippen LogP contribution in [-0.2, 0) is 4.79 Å². The van der Waals surface area contributed by atoms with Crippen LogP contribution in [0.5, 0.6) is 0 Å². The molecule has 1 unspecified atom stereocenters. The standard InChI is InChI=1S/C11H11BrCl2N2O/c12-7-2-3-8(11(14)10(7)13)15-5-6-1-4-9(17)16-6/h2-3,6,15H,1,4-5H2,(H,16,17). The first kappa shape index (κ1) is 13.0. The summed E-state index contributed by atoms with van der Waals surface area (Å²) in [7, 11) is 0. The second kappa shape index (κ2) is 5.46. The van der Waals surface area contributed by atoms with E-state index in [1.165, 1.54) is 0 Å². The number of benzene rings is 1. The normalized spacial score (nSPS) is 19.2. The zero-order valence-electron chi connectivity index (χ0n) is 8.90. The average Bonchev–Trinajstić information content (AvgIpc) is 2.71. The lowest BCUT2D eigenvalue weighted by Crippen LogP contribution is -2.31. The number of halogens is 3. The summed E-state index contributed by atoms with van der Waals surface area (Å²) in [6.07, 6.45) is 1.45. The van der Waals surface area contributed by atoms with Gasteiger partial charge in [0.2, 0.25) is 5.91 Å². The fraction of sp³-hybridized carbons (Fsp3) is 0.364. The predicted molar refractivity (Wildman–Crippen MR) is 73.8 cm³/mol. The summed E-state index contributed by atoms with van der Waals surface area (Å²) in [5.74, 6) is 0.108. The van der Waals surface area contributed by atoms with Crippen LogP contribution in [0.15, 0.2) is 16.6 Å². The van der Waals surface area contributed by atoms with Crippen LogP contribution in [0.1, 0.15) is 12.8 Å². The lowest BCUT2D eigenvalue weighted by Gasteiger charge is -2.14. The van der Waals surface area contributed by atoms with Crippen LogP contribution in [-0.4, -0.2) is 18.5 Å². The number of carbonyl (C=O) groups excluding carboxylic acids is 1. The van der Waals surface area contributed by atoms with E-state index < -0.39 is 0 Å². The lowest BCUT2D eigenvalue weighted by atomic mass is 10.2. The van der Waals surface area contributed by atoms with Crippen molar-refractivity contribution in [2.75, 3.05) is 11.9 Å². The minimum atomic E-state index is 0.108. The van der Waals surface area contributed by atoms with Gasteiger partial charge in [0.05, 0.1) is 15.7 Å². The monoisotopic (exact) mass is 336 g/mol. The molecule has 1 aliphatic heterocycles. The molecule has 0 spiro atoms. The quantitative estimate of drug-likeness (QED) is 0.829. The fourth-order valence-electron chi connectivity index (χ4n) is 1.73. The summed E-state index contributed by atoms with van der Waals surface area (Å²) >= 11 is 15.4. The molecule has 1 saturated heterocycles. The number of hydrogen-bond donors (Lipinski definition) is 2. The molecular weight excluding hydrogens is 327 g/mol. The Kier molecular flexibility index (Phi) is 4.17. The molecule has 1 aromatic rings. The molecule has 0 bridgehead atoms. The van der Waals surface area contributed by atoms with Crippen molar-refractivity contribution < 1.29 is 4.79 Å². The number of rotatable bonds is 3. The molecule has 2 rings (SSSR count). The summed E-state index contributed by atoms with van der Waals surface area (Å²) in [5.41, 5.74) is 0.779. The molecule has 3 nitrogen and oxygen atoms in total. The number of anilines is 1. The second-order valence-electron chi connectivity index (χ2n) is 3.91. The Morgan fingerprint density at radius 1 is 1.41 bits per heavy atom. The van der Waals surface area contributed by atoms with E-state index in [2.05, 4.69) is 26.6 Å². The van der Waals surface area contributed by atoms with Gasteiger partial charge in [-0.3, -0.25) is 4.79 Å². The fourth-order valence-corrected chi connectivity index (χ4v) is 2.57. The first-order valence-electron chi connectivity index (χ1n) is 5.24. The Bertz CT molecular complexity index is 453. The molecule has 17 heavy (non-hydrogen) atoms. The largest absolute Gasteiger partial charge is 0.382 e. The SMILES string of the molecule is O=C1CCC(CNc2ccc(Br)c(Cl)c2Cl)N1. The topological polar surface area (TPSA) is 41.1 Å². The van der Waals surface area contributed by atoms with Gasteiger partial charge in [0.15, 0.2) is 0 Å². The summed E-state index contributed by atoms with van der Waals surface area (Å²) in [6.45, 7) is 0.656. The summed E-state index contributed by atoms with van der Waals surface area (Å²) < 4.78 is 0.767. The first-order valence-corrected chi connectivity index (χ1v) is 6.79. The van der Waals surface area contributed by atoms with Crippen molar-refractivity contribution in [1.29, 1.82) is 0 Å². The molecule has 0 aliphatic carbocycles. The van der Waals surface area contributed by atoms with Crippen LogP contribution in [0.2, 0.25) is 10.0 Å². The highest BCUT2D eigenvalue weighted by atomic mass is 79.9. The highest BCUT2D eigenvalue weighted by Crippen LogP contribution is 2.35. The molecule has 0 radical (unpaired) electrons. The molecule has 6 heteroatoms. The van der Waals surface area contributed by atoms with Crippen molar-refractivity contribution in [3.05, 3.63) is 26.7 Å². The van der Waals surface area contributed by atoms with Gasteiger partial charge >= 0.3 is 0 Å². The molecule has 1 amide bonds. The third kappa shape index (κ3) is 3.06. The van der Waals surface area contributed by atoms with Crippen LogP contribution in [0.3, 0.4) is 0 Å². The first-order chi connectivity index (χ1) is 8.08. The minimum absolute atomic E-state index is 0.108. The van der Waals surface area contributed by atoms with E-state index in [1.807, 2.05) is 12.1 Å². The van der Waals surface area contributed by atoms with Crippen LogP contribution in [0.25, 0.3) is 0 Å². The molecule has 2 N–H and O–H groups in total. The molecule has 92 valence electrons. The molecule has 1 fully saturated rings. The Labute approximate surface area is 118 Å². The highest BCUT2D eigenvalue weighted by molar-refractivity contribution is 9.10. The van der Waals surface area contributed by atoms with Crippen molar-refractivity contribution in [3.8, 4) is 0 Å². The van der Waals surface area contributed by atoms with E-state index in [0.29, 0.717) is 23.0 Å². The third-order valence-electron chi connectivity index (χ3n) is 2.66. The van der Waals surface area contributed by atoms with E-state index in [0.717, 1.165) is 16.6 Å². The van der Waals surface area contributed by atoms with Crippen molar-refractivity contribution in [2.24, 2.45) is 0 Å². The van der Waals surface area contributed by atoms with Gasteiger partial charge in [-0.05, 0) is 34.5 Å².